The Hall–Kier alpha value is -1.44. The van der Waals surface area contributed by atoms with Gasteiger partial charge in [0.15, 0.2) is 0 Å². The number of nitrogens with zero attached hydrogens (tertiary/aromatic N) is 2. The molecular formula is C24H38N2. The van der Waals surface area contributed by atoms with E-state index >= 15 is 0 Å². The van der Waals surface area contributed by atoms with E-state index in [1.165, 1.54) is 86.8 Å². The van der Waals surface area contributed by atoms with Gasteiger partial charge in [0.25, 0.3) is 0 Å². The SMILES string of the molecule is CCCCCCC/C(C)=N/N=C(\C)C1(c2ccc(C)cc2)CCCCC1. The molecule has 144 valence electrons. The average molecular weight is 355 g/mol. The third-order valence-corrected chi connectivity index (χ3v) is 6.02. The van der Waals surface area contributed by atoms with Crippen molar-refractivity contribution < 1.29 is 0 Å². The van der Waals surface area contributed by atoms with Crippen LogP contribution < -0.4 is 0 Å². The van der Waals surface area contributed by atoms with Crippen molar-refractivity contribution >= 4 is 11.4 Å². The summed E-state index contributed by atoms with van der Waals surface area (Å²) in [5.74, 6) is 0. The smallest absolute Gasteiger partial charge is 0.0480 e. The summed E-state index contributed by atoms with van der Waals surface area (Å²) in [5, 5.41) is 9.35. The Balaban J connectivity index is 2.08. The molecule has 1 fully saturated rings. The molecular weight excluding hydrogens is 316 g/mol. The zero-order valence-electron chi connectivity index (χ0n) is 17.5. The highest BCUT2D eigenvalue weighted by molar-refractivity contribution is 5.94. The summed E-state index contributed by atoms with van der Waals surface area (Å²) >= 11 is 0. The summed E-state index contributed by atoms with van der Waals surface area (Å²) in [6.45, 7) is 8.75. The standard InChI is InChI=1S/C24H38N2/c1-5-6-7-8-10-13-21(3)25-26-22(4)24(18-11-9-12-19-24)23-16-14-20(2)15-17-23/h14-17H,5-13,18-19H2,1-4H3/b25-21+,26-22+. The van der Waals surface area contributed by atoms with E-state index < -0.39 is 0 Å². The van der Waals surface area contributed by atoms with Gasteiger partial charge in [-0.05, 0) is 52.0 Å². The Kier molecular flexibility index (Phi) is 8.54. The van der Waals surface area contributed by atoms with E-state index in [0.29, 0.717) is 0 Å². The van der Waals surface area contributed by atoms with Crippen molar-refractivity contribution in [3.8, 4) is 0 Å². The zero-order chi connectivity index (χ0) is 18.8. The minimum Gasteiger partial charge on any atom is -0.160 e. The van der Waals surface area contributed by atoms with Crippen molar-refractivity contribution in [1.29, 1.82) is 0 Å². The first kappa shape index (κ1) is 20.9. The van der Waals surface area contributed by atoms with Gasteiger partial charge in [0.1, 0.15) is 0 Å². The second-order valence-electron chi connectivity index (χ2n) is 8.19. The lowest BCUT2D eigenvalue weighted by Gasteiger charge is -2.37. The summed E-state index contributed by atoms with van der Waals surface area (Å²) in [6, 6.07) is 9.10. The monoisotopic (exact) mass is 354 g/mol. The van der Waals surface area contributed by atoms with Gasteiger partial charge >= 0.3 is 0 Å². The van der Waals surface area contributed by atoms with Crippen molar-refractivity contribution in [1.82, 2.24) is 0 Å². The highest BCUT2D eigenvalue weighted by Gasteiger charge is 2.36. The van der Waals surface area contributed by atoms with Crippen molar-refractivity contribution in [2.24, 2.45) is 10.2 Å². The molecule has 0 spiro atoms. The maximum absolute atomic E-state index is 4.74. The summed E-state index contributed by atoms with van der Waals surface area (Å²) in [7, 11) is 0. The Labute approximate surface area is 161 Å². The Morgan fingerprint density at radius 3 is 2.19 bits per heavy atom. The van der Waals surface area contributed by atoms with Gasteiger partial charge in [-0.25, -0.2) is 0 Å². The van der Waals surface area contributed by atoms with Gasteiger partial charge in [-0.3, -0.25) is 0 Å². The fourth-order valence-electron chi connectivity index (χ4n) is 4.18. The van der Waals surface area contributed by atoms with Crippen LogP contribution >= 0.6 is 0 Å². The van der Waals surface area contributed by atoms with Gasteiger partial charge < -0.3 is 0 Å². The quantitative estimate of drug-likeness (QED) is 0.251. The zero-order valence-corrected chi connectivity index (χ0v) is 17.5. The molecule has 0 amide bonds. The summed E-state index contributed by atoms with van der Waals surface area (Å²) in [4.78, 5) is 0. The minimum absolute atomic E-state index is 0.0941. The molecule has 2 rings (SSSR count). The third kappa shape index (κ3) is 5.79. The van der Waals surface area contributed by atoms with Crippen LogP contribution in [0, 0.1) is 6.92 Å². The lowest BCUT2D eigenvalue weighted by Crippen LogP contribution is -2.36. The van der Waals surface area contributed by atoms with Gasteiger partial charge in [0, 0.05) is 16.8 Å². The predicted octanol–water partition coefficient (Wildman–Crippen LogP) is 7.39. The molecule has 1 aliphatic rings. The first-order valence-corrected chi connectivity index (χ1v) is 10.7. The number of hydrogen-bond donors (Lipinski definition) is 0. The van der Waals surface area contributed by atoms with Crippen LogP contribution in [0.4, 0.5) is 0 Å². The first-order chi connectivity index (χ1) is 12.6. The molecule has 2 nitrogen and oxygen atoms in total. The van der Waals surface area contributed by atoms with Crippen LogP contribution in [0.15, 0.2) is 34.5 Å². The molecule has 0 bridgehead atoms. The largest absolute Gasteiger partial charge is 0.160 e. The number of aryl methyl sites for hydroxylation is 1. The molecule has 0 N–H and O–H groups in total. The van der Waals surface area contributed by atoms with Gasteiger partial charge in [-0.15, -0.1) is 0 Å². The number of hydrogen-bond acceptors (Lipinski definition) is 2. The van der Waals surface area contributed by atoms with Crippen LogP contribution in [0.5, 0.6) is 0 Å². The molecule has 26 heavy (non-hydrogen) atoms. The van der Waals surface area contributed by atoms with E-state index in [9.17, 15) is 0 Å². The fraction of sp³-hybridized carbons (Fsp3) is 0.667. The molecule has 1 aliphatic carbocycles. The molecule has 1 aromatic carbocycles. The van der Waals surface area contributed by atoms with Gasteiger partial charge in [-0.2, -0.15) is 10.2 Å². The summed E-state index contributed by atoms with van der Waals surface area (Å²) in [6.07, 6.45) is 14.0. The van der Waals surface area contributed by atoms with Crippen molar-refractivity contribution in [2.45, 2.75) is 104 Å². The minimum atomic E-state index is 0.0941. The average Bonchev–Trinajstić information content (AvgIpc) is 2.67. The van der Waals surface area contributed by atoms with E-state index in [0.717, 1.165) is 6.42 Å². The van der Waals surface area contributed by atoms with E-state index in [1.807, 2.05) is 0 Å². The topological polar surface area (TPSA) is 24.7 Å². The van der Waals surface area contributed by atoms with E-state index in [-0.39, 0.29) is 5.41 Å². The second-order valence-corrected chi connectivity index (χ2v) is 8.19. The van der Waals surface area contributed by atoms with Gasteiger partial charge in [0.2, 0.25) is 0 Å². The Morgan fingerprint density at radius 2 is 1.54 bits per heavy atom. The molecule has 0 atom stereocenters. The Bertz CT molecular complexity index is 589. The molecule has 0 radical (unpaired) electrons. The highest BCUT2D eigenvalue weighted by atomic mass is 15.2. The fourth-order valence-corrected chi connectivity index (χ4v) is 4.18. The molecule has 0 unspecified atom stereocenters. The maximum atomic E-state index is 4.74. The summed E-state index contributed by atoms with van der Waals surface area (Å²) < 4.78 is 0. The summed E-state index contributed by atoms with van der Waals surface area (Å²) in [5.41, 5.74) is 5.22. The number of rotatable bonds is 9. The lowest BCUT2D eigenvalue weighted by atomic mass is 9.66. The highest BCUT2D eigenvalue weighted by Crippen LogP contribution is 2.41. The third-order valence-electron chi connectivity index (χ3n) is 6.02. The molecule has 0 saturated heterocycles. The molecule has 1 saturated carbocycles. The van der Waals surface area contributed by atoms with Crippen molar-refractivity contribution in [2.75, 3.05) is 0 Å². The van der Waals surface area contributed by atoms with Crippen molar-refractivity contribution in [3.05, 3.63) is 35.4 Å². The van der Waals surface area contributed by atoms with Gasteiger partial charge in [-0.1, -0.05) is 81.7 Å². The van der Waals surface area contributed by atoms with Crippen LogP contribution in [-0.2, 0) is 5.41 Å². The van der Waals surface area contributed by atoms with Crippen LogP contribution in [0.25, 0.3) is 0 Å². The van der Waals surface area contributed by atoms with Gasteiger partial charge in [0.05, 0.1) is 0 Å². The van der Waals surface area contributed by atoms with E-state index in [2.05, 4.69) is 57.1 Å². The van der Waals surface area contributed by atoms with Crippen molar-refractivity contribution in [3.63, 3.8) is 0 Å². The van der Waals surface area contributed by atoms with E-state index in [1.54, 1.807) is 0 Å². The van der Waals surface area contributed by atoms with E-state index in [4.69, 9.17) is 5.10 Å². The number of unbranched alkanes of at least 4 members (excludes halogenated alkanes) is 4. The molecule has 0 aromatic heterocycles. The Morgan fingerprint density at radius 1 is 0.885 bits per heavy atom. The predicted molar refractivity (Wildman–Crippen MR) is 116 cm³/mol. The molecule has 1 aromatic rings. The van der Waals surface area contributed by atoms with Crippen LogP contribution in [-0.4, -0.2) is 11.4 Å². The van der Waals surface area contributed by atoms with Crippen LogP contribution in [0.2, 0.25) is 0 Å². The maximum Gasteiger partial charge on any atom is 0.0480 e. The second kappa shape index (κ2) is 10.6. The molecule has 2 heteroatoms. The lowest BCUT2D eigenvalue weighted by molar-refractivity contribution is 0.378. The van der Waals surface area contributed by atoms with Crippen LogP contribution in [0.3, 0.4) is 0 Å². The first-order valence-electron chi connectivity index (χ1n) is 10.7. The molecule has 0 heterocycles. The number of benzene rings is 1. The normalized spacial score (nSPS) is 18.2. The van der Waals surface area contributed by atoms with Crippen LogP contribution in [0.1, 0.15) is 103 Å². The molecule has 0 aliphatic heterocycles.